The van der Waals surface area contributed by atoms with Crippen molar-refractivity contribution in [2.45, 2.75) is 257 Å². The van der Waals surface area contributed by atoms with Crippen molar-refractivity contribution in [1.82, 2.24) is 5.32 Å². The molecule has 0 heterocycles. The van der Waals surface area contributed by atoms with Crippen LogP contribution >= 0.6 is 0 Å². The van der Waals surface area contributed by atoms with Crippen LogP contribution in [-0.2, 0) is 4.79 Å². The van der Waals surface area contributed by atoms with Crippen LogP contribution in [0.3, 0.4) is 0 Å². The number of allylic oxidation sites excluding steroid dienone is 4. The zero-order valence-corrected chi connectivity index (χ0v) is 34.2. The lowest BCUT2D eigenvalue weighted by Crippen LogP contribution is -2.50. The first kappa shape index (κ1) is 49.8. The second-order valence-corrected chi connectivity index (χ2v) is 15.6. The van der Waals surface area contributed by atoms with Gasteiger partial charge in [-0.3, -0.25) is 4.79 Å². The van der Waals surface area contributed by atoms with Gasteiger partial charge in [0.2, 0.25) is 5.91 Å². The summed E-state index contributed by atoms with van der Waals surface area (Å²) >= 11 is 0. The summed E-state index contributed by atoms with van der Waals surface area (Å²) in [6, 6.07) is -0.827. The van der Waals surface area contributed by atoms with Crippen molar-refractivity contribution in [3.05, 3.63) is 24.3 Å². The fourth-order valence-corrected chi connectivity index (χ4v) is 7.07. The molecule has 0 aromatic carbocycles. The maximum atomic E-state index is 12.4. The number of carbonyl (C=O) groups is 1. The topological polar surface area (TPSA) is 89.8 Å². The van der Waals surface area contributed by atoms with Crippen LogP contribution in [0, 0.1) is 0 Å². The molecular weight excluding hydrogens is 631 g/mol. The van der Waals surface area contributed by atoms with E-state index >= 15 is 0 Å². The van der Waals surface area contributed by atoms with Crippen LogP contribution in [0.1, 0.15) is 239 Å². The van der Waals surface area contributed by atoms with Crippen molar-refractivity contribution < 1.29 is 20.1 Å². The molecule has 51 heavy (non-hydrogen) atoms. The van der Waals surface area contributed by atoms with Gasteiger partial charge in [-0.25, -0.2) is 0 Å². The molecule has 0 saturated heterocycles. The van der Waals surface area contributed by atoms with Crippen molar-refractivity contribution in [3.8, 4) is 0 Å². The number of carbonyl (C=O) groups excluding carboxylic acids is 1. The van der Waals surface area contributed by atoms with Gasteiger partial charge in [0, 0.05) is 6.42 Å². The van der Waals surface area contributed by atoms with E-state index in [9.17, 15) is 20.1 Å². The maximum absolute atomic E-state index is 12.4. The first-order valence-corrected chi connectivity index (χ1v) is 22.6. The SMILES string of the molecule is CC/C=C/CC/C=C/CCCC(O)C(O)C(CO)NC(=O)CCCCCCCCCCCCCCCCCCCCCCCCCCCCCC. The first-order valence-electron chi connectivity index (χ1n) is 22.6. The van der Waals surface area contributed by atoms with Gasteiger partial charge >= 0.3 is 0 Å². The highest BCUT2D eigenvalue weighted by molar-refractivity contribution is 5.76. The number of nitrogens with one attached hydrogen (secondary N) is 1. The van der Waals surface area contributed by atoms with Gasteiger partial charge in [-0.1, -0.05) is 212 Å². The number of aliphatic hydroxyl groups excluding tert-OH is 3. The molecule has 3 unspecified atom stereocenters. The number of aliphatic hydroxyl groups is 3. The van der Waals surface area contributed by atoms with Crippen LogP contribution in [0.25, 0.3) is 0 Å². The van der Waals surface area contributed by atoms with Gasteiger partial charge in [0.25, 0.3) is 0 Å². The molecular formula is C46H89NO4. The zero-order chi connectivity index (χ0) is 37.3. The lowest BCUT2D eigenvalue weighted by molar-refractivity contribution is -0.124. The second-order valence-electron chi connectivity index (χ2n) is 15.6. The Bertz CT molecular complexity index is 754. The summed E-state index contributed by atoms with van der Waals surface area (Å²) in [5.74, 6) is -0.157. The van der Waals surface area contributed by atoms with Crippen molar-refractivity contribution in [1.29, 1.82) is 0 Å². The smallest absolute Gasteiger partial charge is 0.220 e. The first-order chi connectivity index (χ1) is 25.1. The summed E-state index contributed by atoms with van der Waals surface area (Å²) in [6.07, 6.45) is 50.4. The normalized spacial score (nSPS) is 13.7. The molecule has 0 aromatic heterocycles. The molecule has 302 valence electrons. The van der Waals surface area contributed by atoms with E-state index in [-0.39, 0.29) is 12.5 Å². The Balaban J connectivity index is 3.48. The summed E-state index contributed by atoms with van der Waals surface area (Å²) in [4.78, 5) is 12.4. The average molecular weight is 720 g/mol. The molecule has 0 aliphatic carbocycles. The molecule has 0 bridgehead atoms. The van der Waals surface area contributed by atoms with Gasteiger partial charge < -0.3 is 20.6 Å². The van der Waals surface area contributed by atoms with Crippen LogP contribution < -0.4 is 5.32 Å². The largest absolute Gasteiger partial charge is 0.394 e. The van der Waals surface area contributed by atoms with Gasteiger partial charge in [-0.15, -0.1) is 0 Å². The summed E-state index contributed by atoms with van der Waals surface area (Å²) in [5, 5.41) is 33.3. The van der Waals surface area contributed by atoms with Gasteiger partial charge in [-0.05, 0) is 44.9 Å². The number of hydrogen-bond acceptors (Lipinski definition) is 4. The van der Waals surface area contributed by atoms with Crippen LogP contribution in [0.4, 0.5) is 0 Å². The average Bonchev–Trinajstić information content (AvgIpc) is 3.13. The highest BCUT2D eigenvalue weighted by atomic mass is 16.3. The highest BCUT2D eigenvalue weighted by Gasteiger charge is 2.26. The van der Waals surface area contributed by atoms with Gasteiger partial charge in [-0.2, -0.15) is 0 Å². The molecule has 3 atom stereocenters. The molecule has 0 aliphatic rings. The standard InChI is InChI=1S/C46H89NO4/c1-3-5-7-9-11-13-14-15-16-17-18-19-20-21-22-23-24-25-26-27-28-29-30-31-33-35-37-39-41-45(50)47-43(42-48)46(51)44(49)40-38-36-34-32-12-10-8-6-4-2/h6,8,32,34,43-44,46,48-49,51H,3-5,7,9-31,33,35-42H2,1-2H3,(H,47,50)/b8-6+,34-32+. The number of rotatable bonds is 41. The summed E-state index contributed by atoms with van der Waals surface area (Å²) in [7, 11) is 0. The van der Waals surface area contributed by atoms with Crippen molar-refractivity contribution in [3.63, 3.8) is 0 Å². The minimum Gasteiger partial charge on any atom is -0.394 e. The van der Waals surface area contributed by atoms with E-state index in [2.05, 4.69) is 43.5 Å². The molecule has 0 aromatic rings. The molecule has 4 N–H and O–H groups in total. The van der Waals surface area contributed by atoms with Gasteiger partial charge in [0.05, 0.1) is 18.8 Å². The molecule has 0 aliphatic heterocycles. The predicted molar refractivity (Wildman–Crippen MR) is 222 cm³/mol. The predicted octanol–water partition coefficient (Wildman–Crippen LogP) is 13.0. The Hall–Kier alpha value is -1.17. The van der Waals surface area contributed by atoms with Crippen molar-refractivity contribution >= 4 is 5.91 Å². The van der Waals surface area contributed by atoms with E-state index in [0.717, 1.165) is 51.4 Å². The van der Waals surface area contributed by atoms with E-state index in [0.29, 0.717) is 12.8 Å². The highest BCUT2D eigenvalue weighted by Crippen LogP contribution is 2.17. The zero-order valence-electron chi connectivity index (χ0n) is 34.2. The molecule has 0 saturated carbocycles. The van der Waals surface area contributed by atoms with E-state index in [4.69, 9.17) is 0 Å². The van der Waals surface area contributed by atoms with E-state index < -0.39 is 18.2 Å². The van der Waals surface area contributed by atoms with Crippen molar-refractivity contribution in [2.75, 3.05) is 6.61 Å². The third-order valence-electron chi connectivity index (χ3n) is 10.5. The summed E-state index contributed by atoms with van der Waals surface area (Å²) in [5.41, 5.74) is 0. The molecule has 0 spiro atoms. The monoisotopic (exact) mass is 720 g/mol. The maximum Gasteiger partial charge on any atom is 0.220 e. The van der Waals surface area contributed by atoms with Gasteiger partial charge in [0.15, 0.2) is 0 Å². The fraction of sp³-hybridized carbons (Fsp3) is 0.891. The third-order valence-corrected chi connectivity index (χ3v) is 10.5. The number of amides is 1. The Morgan fingerprint density at radius 2 is 0.843 bits per heavy atom. The summed E-state index contributed by atoms with van der Waals surface area (Å²) in [6.45, 7) is 4.05. The number of hydrogen-bond donors (Lipinski definition) is 4. The minimum absolute atomic E-state index is 0.157. The molecule has 0 fully saturated rings. The lowest BCUT2D eigenvalue weighted by atomic mass is 10.0. The molecule has 1 amide bonds. The fourth-order valence-electron chi connectivity index (χ4n) is 7.07. The van der Waals surface area contributed by atoms with E-state index in [1.165, 1.54) is 161 Å². The Morgan fingerprint density at radius 3 is 1.22 bits per heavy atom. The second kappa shape index (κ2) is 41.6. The van der Waals surface area contributed by atoms with Crippen LogP contribution in [0.2, 0.25) is 0 Å². The number of unbranched alkanes of at least 4 members (excludes halogenated alkanes) is 29. The molecule has 0 rings (SSSR count). The summed E-state index contributed by atoms with van der Waals surface area (Å²) < 4.78 is 0. The van der Waals surface area contributed by atoms with E-state index in [1.807, 2.05) is 0 Å². The molecule has 0 radical (unpaired) electrons. The van der Waals surface area contributed by atoms with Crippen LogP contribution in [0.15, 0.2) is 24.3 Å². The minimum atomic E-state index is -1.16. The lowest BCUT2D eigenvalue weighted by Gasteiger charge is -2.26. The van der Waals surface area contributed by atoms with E-state index in [1.54, 1.807) is 0 Å². The third kappa shape index (κ3) is 37.0. The molecule has 5 nitrogen and oxygen atoms in total. The van der Waals surface area contributed by atoms with Crippen LogP contribution in [-0.4, -0.2) is 46.1 Å². The quantitative estimate of drug-likeness (QED) is 0.0374. The van der Waals surface area contributed by atoms with Crippen molar-refractivity contribution in [2.24, 2.45) is 0 Å². The van der Waals surface area contributed by atoms with Crippen LogP contribution in [0.5, 0.6) is 0 Å². The Labute approximate surface area is 318 Å². The Morgan fingerprint density at radius 1 is 0.490 bits per heavy atom. The molecule has 5 heteroatoms. The Kier molecular flexibility index (Phi) is 40.6. The van der Waals surface area contributed by atoms with Gasteiger partial charge in [0.1, 0.15) is 6.10 Å².